The van der Waals surface area contributed by atoms with E-state index in [0.29, 0.717) is 16.9 Å². The second-order valence-corrected chi connectivity index (χ2v) is 7.04. The molecule has 4 rings (SSSR count). The molecule has 0 spiro atoms. The number of halogens is 3. The fourth-order valence-electron chi connectivity index (χ4n) is 3.06. The summed E-state index contributed by atoms with van der Waals surface area (Å²) in [4.78, 5) is 24.5. The molecule has 1 amide bonds. The molecule has 0 atom stereocenters. The number of pyridine rings is 1. The van der Waals surface area contributed by atoms with Crippen molar-refractivity contribution >= 4 is 17.3 Å². The van der Waals surface area contributed by atoms with Crippen LogP contribution in [0.4, 0.5) is 13.2 Å². The lowest BCUT2D eigenvalue weighted by molar-refractivity contribution is -0.137. The monoisotopic (exact) mass is 454 g/mol. The van der Waals surface area contributed by atoms with E-state index in [1.807, 2.05) is 6.07 Å². The van der Waals surface area contributed by atoms with Gasteiger partial charge in [-0.15, -0.1) is 10.2 Å². The zero-order chi connectivity index (χ0) is 23.4. The Labute approximate surface area is 185 Å². The molecule has 0 saturated carbocycles. The molecule has 0 aliphatic carbocycles. The molecule has 10 heteroatoms. The lowest BCUT2D eigenvalue weighted by Gasteiger charge is -2.09. The average molecular weight is 454 g/mol. The van der Waals surface area contributed by atoms with E-state index in [1.54, 1.807) is 48.5 Å². The molecule has 0 unspecified atom stereocenters. The van der Waals surface area contributed by atoms with Crippen molar-refractivity contribution in [2.24, 2.45) is 0 Å². The van der Waals surface area contributed by atoms with Crippen LogP contribution >= 0.6 is 0 Å². The van der Waals surface area contributed by atoms with Crippen LogP contribution in [-0.2, 0) is 17.5 Å². The highest BCUT2D eigenvalue weighted by atomic mass is 19.4. The molecule has 1 N–H and O–H groups in total. The van der Waals surface area contributed by atoms with Crippen molar-refractivity contribution in [2.75, 3.05) is 6.61 Å². The minimum atomic E-state index is -4.51. The highest BCUT2D eigenvalue weighted by molar-refractivity contribution is 6.08. The van der Waals surface area contributed by atoms with E-state index in [-0.39, 0.29) is 30.4 Å². The second-order valence-electron chi connectivity index (χ2n) is 7.04. The number of hydrogen-bond donors (Lipinski definition) is 1. The number of amides is 1. The zero-order valence-electron chi connectivity index (χ0n) is 17.0. The van der Waals surface area contributed by atoms with Crippen LogP contribution in [0.15, 0.2) is 72.9 Å². The summed E-state index contributed by atoms with van der Waals surface area (Å²) in [5.41, 5.74) is 0.428. The third-order valence-corrected chi connectivity index (χ3v) is 4.77. The van der Waals surface area contributed by atoms with Gasteiger partial charge in [0.25, 0.3) is 5.91 Å². The van der Waals surface area contributed by atoms with Crippen LogP contribution in [-0.4, -0.2) is 32.9 Å². The Morgan fingerprint density at radius 1 is 0.909 bits per heavy atom. The number of carbonyl (C=O) groups is 2. The standard InChI is InChI=1S/C23H17F3N4O3/c24-23(25,26)17-8-11-19-28-29-20(30(19)13-17)12-27-21(31)14-33-18-9-6-16(7-10-18)22(32)15-4-2-1-3-5-15/h1-11,13H,12,14H2,(H,27,31). The summed E-state index contributed by atoms with van der Waals surface area (Å²) in [5, 5.41) is 10.1. The summed E-state index contributed by atoms with van der Waals surface area (Å²) in [7, 11) is 0. The van der Waals surface area contributed by atoms with Gasteiger partial charge in [0, 0.05) is 17.3 Å². The molecule has 168 valence electrons. The molecule has 0 fully saturated rings. The van der Waals surface area contributed by atoms with E-state index in [2.05, 4.69) is 15.5 Å². The van der Waals surface area contributed by atoms with Gasteiger partial charge in [0.15, 0.2) is 23.9 Å². The summed E-state index contributed by atoms with van der Waals surface area (Å²) < 4.78 is 45.4. The van der Waals surface area contributed by atoms with Gasteiger partial charge in [-0.25, -0.2) is 0 Å². The molecule has 2 aromatic carbocycles. The second kappa shape index (κ2) is 9.11. The van der Waals surface area contributed by atoms with Crippen LogP contribution in [0.25, 0.3) is 5.65 Å². The Bertz CT molecular complexity index is 1290. The van der Waals surface area contributed by atoms with Crippen LogP contribution in [0.3, 0.4) is 0 Å². The number of aromatic nitrogens is 3. The summed E-state index contributed by atoms with van der Waals surface area (Å²) in [6.07, 6.45) is -3.63. The maximum atomic E-state index is 12.9. The summed E-state index contributed by atoms with van der Waals surface area (Å²) in [5.74, 6) is -0.0944. The number of carbonyl (C=O) groups excluding carboxylic acids is 2. The van der Waals surface area contributed by atoms with Crippen LogP contribution in [0, 0.1) is 0 Å². The first-order valence-corrected chi connectivity index (χ1v) is 9.81. The Morgan fingerprint density at radius 3 is 2.30 bits per heavy atom. The van der Waals surface area contributed by atoms with Crippen LogP contribution in [0.5, 0.6) is 5.75 Å². The van der Waals surface area contributed by atoms with E-state index < -0.39 is 17.6 Å². The largest absolute Gasteiger partial charge is 0.484 e. The number of nitrogens with one attached hydrogen (secondary N) is 1. The molecule has 0 saturated heterocycles. The van der Waals surface area contributed by atoms with Crippen molar-refractivity contribution in [3.63, 3.8) is 0 Å². The maximum Gasteiger partial charge on any atom is 0.417 e. The summed E-state index contributed by atoms with van der Waals surface area (Å²) >= 11 is 0. The number of ether oxygens (including phenoxy) is 1. The predicted molar refractivity (Wildman–Crippen MR) is 112 cm³/mol. The third-order valence-electron chi connectivity index (χ3n) is 4.77. The Balaban J connectivity index is 1.32. The smallest absolute Gasteiger partial charge is 0.417 e. The molecule has 2 heterocycles. The third kappa shape index (κ3) is 5.17. The lowest BCUT2D eigenvalue weighted by Crippen LogP contribution is -2.29. The zero-order valence-corrected chi connectivity index (χ0v) is 17.0. The highest BCUT2D eigenvalue weighted by Gasteiger charge is 2.31. The Morgan fingerprint density at radius 2 is 1.61 bits per heavy atom. The molecule has 7 nitrogen and oxygen atoms in total. The number of benzene rings is 2. The molecule has 33 heavy (non-hydrogen) atoms. The van der Waals surface area contributed by atoms with Crippen molar-refractivity contribution in [1.29, 1.82) is 0 Å². The minimum absolute atomic E-state index is 0.130. The molecular weight excluding hydrogens is 437 g/mol. The van der Waals surface area contributed by atoms with Crippen molar-refractivity contribution in [3.05, 3.63) is 95.4 Å². The van der Waals surface area contributed by atoms with E-state index in [1.165, 1.54) is 10.5 Å². The molecule has 2 aromatic heterocycles. The van der Waals surface area contributed by atoms with Gasteiger partial charge >= 0.3 is 6.18 Å². The number of rotatable bonds is 7. The van der Waals surface area contributed by atoms with Gasteiger partial charge in [-0.05, 0) is 36.4 Å². The first kappa shape index (κ1) is 22.0. The highest BCUT2D eigenvalue weighted by Crippen LogP contribution is 2.29. The summed E-state index contributed by atoms with van der Waals surface area (Å²) in [6, 6.07) is 17.3. The van der Waals surface area contributed by atoms with Gasteiger partial charge < -0.3 is 10.1 Å². The van der Waals surface area contributed by atoms with Gasteiger partial charge in [0.05, 0.1) is 12.1 Å². The van der Waals surface area contributed by atoms with Crippen LogP contribution in [0.1, 0.15) is 27.3 Å². The maximum absolute atomic E-state index is 12.9. The van der Waals surface area contributed by atoms with Gasteiger partial charge in [0.1, 0.15) is 5.75 Å². The van der Waals surface area contributed by atoms with E-state index in [4.69, 9.17) is 4.74 Å². The molecular formula is C23H17F3N4O3. The topological polar surface area (TPSA) is 85.6 Å². The Hall–Kier alpha value is -4.21. The van der Waals surface area contributed by atoms with Crippen molar-refractivity contribution in [2.45, 2.75) is 12.7 Å². The van der Waals surface area contributed by atoms with Gasteiger partial charge in [0.2, 0.25) is 0 Å². The van der Waals surface area contributed by atoms with Gasteiger partial charge in [-0.2, -0.15) is 13.2 Å². The van der Waals surface area contributed by atoms with Crippen molar-refractivity contribution < 1.29 is 27.5 Å². The molecule has 0 aliphatic rings. The molecule has 4 aromatic rings. The molecule has 0 radical (unpaired) electrons. The molecule has 0 bridgehead atoms. The number of nitrogens with zero attached hydrogens (tertiary/aromatic N) is 3. The van der Waals surface area contributed by atoms with Gasteiger partial charge in [-0.3, -0.25) is 14.0 Å². The Kier molecular flexibility index (Phi) is 6.07. The predicted octanol–water partition coefficient (Wildman–Crippen LogP) is 3.67. The van der Waals surface area contributed by atoms with Gasteiger partial charge in [-0.1, -0.05) is 30.3 Å². The first-order chi connectivity index (χ1) is 15.8. The SMILES string of the molecule is O=C(COc1ccc(C(=O)c2ccccc2)cc1)NCc1nnc2ccc(C(F)(F)F)cn12. The minimum Gasteiger partial charge on any atom is -0.484 e. The van der Waals surface area contributed by atoms with E-state index in [9.17, 15) is 22.8 Å². The number of ketones is 1. The van der Waals surface area contributed by atoms with E-state index >= 15 is 0 Å². The first-order valence-electron chi connectivity index (χ1n) is 9.81. The average Bonchev–Trinajstić information content (AvgIpc) is 3.23. The lowest BCUT2D eigenvalue weighted by atomic mass is 10.0. The van der Waals surface area contributed by atoms with Crippen molar-refractivity contribution in [1.82, 2.24) is 19.9 Å². The number of hydrogen-bond acceptors (Lipinski definition) is 5. The quantitative estimate of drug-likeness (QED) is 0.431. The van der Waals surface area contributed by atoms with E-state index in [0.717, 1.165) is 12.3 Å². The molecule has 0 aliphatic heterocycles. The number of fused-ring (bicyclic) bond motifs is 1. The normalized spacial score (nSPS) is 11.4. The fraction of sp³-hybridized carbons (Fsp3) is 0.130. The van der Waals surface area contributed by atoms with Crippen molar-refractivity contribution in [3.8, 4) is 5.75 Å². The summed E-state index contributed by atoms with van der Waals surface area (Å²) in [6.45, 7) is -0.453. The van der Waals surface area contributed by atoms with Crippen LogP contribution < -0.4 is 10.1 Å². The number of alkyl halides is 3. The fourth-order valence-corrected chi connectivity index (χ4v) is 3.06. The van der Waals surface area contributed by atoms with Crippen LogP contribution in [0.2, 0.25) is 0 Å².